The number of anilines is 1. The van der Waals surface area contributed by atoms with E-state index in [1.165, 1.54) is 0 Å². The van der Waals surface area contributed by atoms with E-state index in [0.29, 0.717) is 17.8 Å². The summed E-state index contributed by atoms with van der Waals surface area (Å²) in [6, 6.07) is 6.35. The van der Waals surface area contributed by atoms with E-state index in [1.807, 2.05) is 7.05 Å². The Balaban J connectivity index is 2.73. The van der Waals surface area contributed by atoms with Crippen LogP contribution in [0.1, 0.15) is 10.4 Å². The molecule has 6 nitrogen and oxygen atoms in total. The van der Waals surface area contributed by atoms with Gasteiger partial charge in [0.25, 0.3) is 5.91 Å². The van der Waals surface area contributed by atoms with Crippen molar-refractivity contribution in [1.29, 1.82) is 0 Å². The van der Waals surface area contributed by atoms with Gasteiger partial charge in [-0.05, 0) is 31.3 Å². The van der Waals surface area contributed by atoms with Crippen LogP contribution in [0.2, 0.25) is 0 Å². The molecular formula is C12H19N3O3S. The van der Waals surface area contributed by atoms with Gasteiger partial charge in [-0.2, -0.15) is 0 Å². The second-order valence-electron chi connectivity index (χ2n) is 4.28. The van der Waals surface area contributed by atoms with E-state index in [0.717, 1.165) is 12.8 Å². The highest BCUT2D eigenvalue weighted by molar-refractivity contribution is 7.92. The fraction of sp³-hybridized carbons (Fsp3) is 0.417. The normalized spacial score (nSPS) is 11.1. The van der Waals surface area contributed by atoms with E-state index in [2.05, 4.69) is 10.0 Å². The molecule has 0 radical (unpaired) electrons. The van der Waals surface area contributed by atoms with Crippen LogP contribution >= 0.6 is 0 Å². The van der Waals surface area contributed by atoms with Gasteiger partial charge in [0.05, 0.1) is 6.26 Å². The molecule has 7 heteroatoms. The molecule has 0 aromatic heterocycles. The number of likely N-dealkylation sites (N-methyl/N-ethyl adjacent to an activating group) is 2. The number of nitrogens with zero attached hydrogens (tertiary/aromatic N) is 1. The molecule has 1 amide bonds. The predicted molar refractivity (Wildman–Crippen MR) is 75.8 cm³/mol. The molecular weight excluding hydrogens is 266 g/mol. The van der Waals surface area contributed by atoms with Gasteiger partial charge in [-0.1, -0.05) is 0 Å². The molecule has 0 bridgehead atoms. The summed E-state index contributed by atoms with van der Waals surface area (Å²) in [6.45, 7) is 1.33. The highest BCUT2D eigenvalue weighted by atomic mass is 32.2. The maximum absolute atomic E-state index is 12.0. The second-order valence-corrected chi connectivity index (χ2v) is 6.03. The highest BCUT2D eigenvalue weighted by Gasteiger charge is 2.11. The van der Waals surface area contributed by atoms with E-state index in [9.17, 15) is 13.2 Å². The molecule has 0 aliphatic heterocycles. The van der Waals surface area contributed by atoms with Crippen molar-refractivity contribution >= 4 is 21.6 Å². The first kappa shape index (κ1) is 15.5. The van der Waals surface area contributed by atoms with Gasteiger partial charge in [-0.3, -0.25) is 9.52 Å². The number of hydrogen-bond donors (Lipinski definition) is 2. The fourth-order valence-corrected chi connectivity index (χ4v) is 2.06. The first-order valence-corrected chi connectivity index (χ1v) is 7.70. The number of carbonyl (C=O) groups excluding carboxylic acids is 1. The molecule has 0 saturated carbocycles. The lowest BCUT2D eigenvalue weighted by molar-refractivity contribution is 0.0797. The molecule has 0 spiro atoms. The summed E-state index contributed by atoms with van der Waals surface area (Å²) in [4.78, 5) is 13.6. The maximum atomic E-state index is 12.0. The van der Waals surface area contributed by atoms with Crippen LogP contribution in [0.4, 0.5) is 5.69 Å². The second kappa shape index (κ2) is 6.53. The molecule has 0 unspecified atom stereocenters. The third kappa shape index (κ3) is 5.27. The summed E-state index contributed by atoms with van der Waals surface area (Å²) in [5, 5.41) is 2.97. The van der Waals surface area contributed by atoms with E-state index >= 15 is 0 Å². The third-order valence-corrected chi connectivity index (χ3v) is 3.09. The molecule has 0 heterocycles. The average Bonchev–Trinajstić information content (AvgIpc) is 2.34. The summed E-state index contributed by atoms with van der Waals surface area (Å²) in [5.74, 6) is -0.0962. The first-order valence-electron chi connectivity index (χ1n) is 5.81. The van der Waals surface area contributed by atoms with Crippen LogP contribution in [0.15, 0.2) is 24.3 Å². The Hall–Kier alpha value is -1.60. The van der Waals surface area contributed by atoms with Crippen LogP contribution < -0.4 is 10.0 Å². The molecule has 0 fully saturated rings. The summed E-state index contributed by atoms with van der Waals surface area (Å²) < 4.78 is 24.5. The van der Waals surface area contributed by atoms with Gasteiger partial charge >= 0.3 is 0 Å². The Labute approximate surface area is 113 Å². The highest BCUT2D eigenvalue weighted by Crippen LogP contribution is 2.12. The number of amides is 1. The Morgan fingerprint density at radius 1 is 1.26 bits per heavy atom. The quantitative estimate of drug-likeness (QED) is 0.790. The van der Waals surface area contributed by atoms with E-state index < -0.39 is 10.0 Å². The van der Waals surface area contributed by atoms with Gasteiger partial charge in [-0.25, -0.2) is 8.42 Å². The van der Waals surface area contributed by atoms with Gasteiger partial charge in [-0.15, -0.1) is 0 Å². The SMILES string of the molecule is CNCCN(C)C(=O)c1ccc(NS(C)(=O)=O)cc1. The van der Waals surface area contributed by atoms with Crippen molar-refractivity contribution in [3.8, 4) is 0 Å². The minimum absolute atomic E-state index is 0.0962. The first-order chi connectivity index (χ1) is 8.83. The van der Waals surface area contributed by atoms with Crippen LogP contribution in [-0.4, -0.2) is 52.7 Å². The average molecular weight is 285 g/mol. The number of benzene rings is 1. The summed E-state index contributed by atoms with van der Waals surface area (Å²) in [6.07, 6.45) is 1.08. The van der Waals surface area contributed by atoms with Crippen molar-refractivity contribution in [2.45, 2.75) is 0 Å². The fourth-order valence-electron chi connectivity index (χ4n) is 1.50. The number of hydrogen-bond acceptors (Lipinski definition) is 4. The lowest BCUT2D eigenvalue weighted by Crippen LogP contribution is -2.32. The van der Waals surface area contributed by atoms with Crippen LogP contribution in [0.3, 0.4) is 0 Å². The lowest BCUT2D eigenvalue weighted by Gasteiger charge is -2.17. The van der Waals surface area contributed by atoms with Crippen molar-refractivity contribution in [2.24, 2.45) is 0 Å². The zero-order valence-electron chi connectivity index (χ0n) is 11.3. The van der Waals surface area contributed by atoms with Crippen molar-refractivity contribution < 1.29 is 13.2 Å². The largest absolute Gasteiger partial charge is 0.340 e. The minimum atomic E-state index is -3.29. The lowest BCUT2D eigenvalue weighted by atomic mass is 10.2. The topological polar surface area (TPSA) is 78.5 Å². The third-order valence-electron chi connectivity index (χ3n) is 2.48. The van der Waals surface area contributed by atoms with Gasteiger partial charge in [0.2, 0.25) is 10.0 Å². The Morgan fingerprint density at radius 3 is 2.32 bits per heavy atom. The van der Waals surface area contributed by atoms with E-state index in [-0.39, 0.29) is 5.91 Å². The molecule has 2 N–H and O–H groups in total. The van der Waals surface area contributed by atoms with E-state index in [1.54, 1.807) is 36.2 Å². The predicted octanol–water partition coefficient (Wildman–Crippen LogP) is 0.349. The van der Waals surface area contributed by atoms with Crippen molar-refractivity contribution in [3.05, 3.63) is 29.8 Å². The smallest absolute Gasteiger partial charge is 0.253 e. The molecule has 0 aliphatic rings. The molecule has 0 aliphatic carbocycles. The van der Waals surface area contributed by atoms with Gasteiger partial charge in [0, 0.05) is 31.4 Å². The van der Waals surface area contributed by atoms with Gasteiger partial charge in [0.1, 0.15) is 0 Å². The van der Waals surface area contributed by atoms with Crippen molar-refractivity contribution in [2.75, 3.05) is 38.2 Å². The summed E-state index contributed by atoms with van der Waals surface area (Å²) in [5.41, 5.74) is 0.967. The zero-order valence-corrected chi connectivity index (χ0v) is 12.1. The number of carbonyl (C=O) groups is 1. The maximum Gasteiger partial charge on any atom is 0.253 e. The Bertz CT molecular complexity index is 526. The van der Waals surface area contributed by atoms with Crippen LogP contribution in [0, 0.1) is 0 Å². The molecule has 1 aromatic rings. The van der Waals surface area contributed by atoms with E-state index in [4.69, 9.17) is 0 Å². The standard InChI is InChI=1S/C12H19N3O3S/c1-13-8-9-15(2)12(16)10-4-6-11(7-5-10)14-19(3,17)18/h4-7,13-14H,8-9H2,1-3H3. The molecule has 0 saturated heterocycles. The van der Waals surface area contributed by atoms with Crippen LogP contribution in [0.25, 0.3) is 0 Å². The molecule has 1 aromatic carbocycles. The molecule has 1 rings (SSSR count). The number of sulfonamides is 1. The van der Waals surface area contributed by atoms with Gasteiger partial charge in [0.15, 0.2) is 0 Å². The van der Waals surface area contributed by atoms with Gasteiger partial charge < -0.3 is 10.2 Å². The Morgan fingerprint density at radius 2 is 1.84 bits per heavy atom. The Kier molecular flexibility index (Phi) is 5.31. The number of rotatable bonds is 6. The van der Waals surface area contributed by atoms with Crippen LogP contribution in [-0.2, 0) is 10.0 Å². The molecule has 106 valence electrons. The summed E-state index contributed by atoms with van der Waals surface area (Å²) >= 11 is 0. The van der Waals surface area contributed by atoms with Crippen molar-refractivity contribution in [1.82, 2.24) is 10.2 Å². The zero-order chi connectivity index (χ0) is 14.5. The van der Waals surface area contributed by atoms with Crippen molar-refractivity contribution in [3.63, 3.8) is 0 Å². The molecule has 19 heavy (non-hydrogen) atoms. The minimum Gasteiger partial charge on any atom is -0.340 e. The molecule has 0 atom stereocenters. The monoisotopic (exact) mass is 285 g/mol. The van der Waals surface area contributed by atoms with Crippen LogP contribution in [0.5, 0.6) is 0 Å². The number of nitrogens with one attached hydrogen (secondary N) is 2. The summed E-state index contributed by atoms with van der Waals surface area (Å²) in [7, 11) is 0.256.